The van der Waals surface area contributed by atoms with Gasteiger partial charge < -0.3 is 10.4 Å². The molecule has 5 nitrogen and oxygen atoms in total. The number of nitrogens with zero attached hydrogens (tertiary/aromatic N) is 1. The second-order valence-corrected chi connectivity index (χ2v) is 4.66. The van der Waals surface area contributed by atoms with Crippen LogP contribution >= 0.6 is 0 Å². The van der Waals surface area contributed by atoms with Crippen molar-refractivity contribution < 1.29 is 9.90 Å². The molecule has 1 rings (SSSR count). The summed E-state index contributed by atoms with van der Waals surface area (Å²) in [5.41, 5.74) is 0.542. The Hall–Kier alpha value is -1.36. The van der Waals surface area contributed by atoms with Gasteiger partial charge in [-0.25, -0.2) is 0 Å². The Morgan fingerprint density at radius 3 is 2.94 bits per heavy atom. The third kappa shape index (κ3) is 4.02. The highest BCUT2D eigenvalue weighted by molar-refractivity contribution is 5.93. The van der Waals surface area contributed by atoms with Crippen molar-refractivity contribution in [3.05, 3.63) is 18.0 Å². The number of nitrogens with one attached hydrogen (secondary N) is 2. The molecule has 0 bridgehead atoms. The summed E-state index contributed by atoms with van der Waals surface area (Å²) in [6, 6.07) is 0. The molecule has 0 fully saturated rings. The molecular weight excluding hydrogens is 206 g/mol. The van der Waals surface area contributed by atoms with Crippen molar-refractivity contribution in [3.63, 3.8) is 0 Å². The van der Waals surface area contributed by atoms with Gasteiger partial charge in [-0.3, -0.25) is 9.89 Å². The van der Waals surface area contributed by atoms with Crippen molar-refractivity contribution in [1.82, 2.24) is 15.5 Å². The Balaban J connectivity index is 2.36. The summed E-state index contributed by atoms with van der Waals surface area (Å²) in [4.78, 5) is 11.6. The van der Waals surface area contributed by atoms with E-state index < -0.39 is 0 Å². The second kappa shape index (κ2) is 5.65. The lowest BCUT2D eigenvalue weighted by Crippen LogP contribution is -2.34. The van der Waals surface area contributed by atoms with Gasteiger partial charge in [-0.1, -0.05) is 13.8 Å². The smallest absolute Gasteiger partial charge is 0.254 e. The number of amides is 1. The molecule has 90 valence electrons. The van der Waals surface area contributed by atoms with Crippen LogP contribution < -0.4 is 5.32 Å². The number of rotatable bonds is 6. The number of H-pyrrole nitrogens is 1. The number of aliphatic hydroxyl groups excluding tert-OH is 1. The SMILES string of the molecule is CC(C)(CCCO)CNC(=O)c1cn[nH]c1. The van der Waals surface area contributed by atoms with Crippen LogP contribution in [0.4, 0.5) is 0 Å². The van der Waals surface area contributed by atoms with Crippen molar-refractivity contribution in [2.24, 2.45) is 5.41 Å². The molecule has 0 aromatic carbocycles. The van der Waals surface area contributed by atoms with Gasteiger partial charge in [0.1, 0.15) is 0 Å². The topological polar surface area (TPSA) is 78.0 Å². The summed E-state index contributed by atoms with van der Waals surface area (Å²) in [5.74, 6) is -0.120. The zero-order valence-corrected chi connectivity index (χ0v) is 9.79. The first kappa shape index (κ1) is 12.7. The molecule has 0 radical (unpaired) electrons. The average Bonchev–Trinajstić information content (AvgIpc) is 2.77. The monoisotopic (exact) mass is 225 g/mol. The standard InChI is InChI=1S/C11H19N3O2/c1-11(2,4-3-5-15)8-12-10(16)9-6-13-14-7-9/h6-7,15H,3-5,8H2,1-2H3,(H,12,16)(H,13,14). The first-order valence-corrected chi connectivity index (χ1v) is 5.43. The summed E-state index contributed by atoms with van der Waals surface area (Å²) in [5, 5.41) is 17.9. The fraction of sp³-hybridized carbons (Fsp3) is 0.636. The highest BCUT2D eigenvalue weighted by Crippen LogP contribution is 2.20. The molecule has 16 heavy (non-hydrogen) atoms. The molecule has 1 aromatic rings. The van der Waals surface area contributed by atoms with Crippen molar-refractivity contribution >= 4 is 5.91 Å². The number of aliphatic hydroxyl groups is 1. The van der Waals surface area contributed by atoms with E-state index in [1.165, 1.54) is 6.20 Å². The molecule has 0 aliphatic heterocycles. The third-order valence-electron chi connectivity index (χ3n) is 2.50. The highest BCUT2D eigenvalue weighted by atomic mass is 16.2. The van der Waals surface area contributed by atoms with E-state index in [-0.39, 0.29) is 17.9 Å². The van der Waals surface area contributed by atoms with Crippen LogP contribution in [-0.2, 0) is 0 Å². The Morgan fingerprint density at radius 2 is 2.38 bits per heavy atom. The fourth-order valence-electron chi connectivity index (χ4n) is 1.44. The van der Waals surface area contributed by atoms with E-state index in [1.807, 2.05) is 0 Å². The minimum atomic E-state index is -0.120. The van der Waals surface area contributed by atoms with Gasteiger partial charge in [-0.05, 0) is 18.3 Å². The minimum Gasteiger partial charge on any atom is -0.396 e. The molecule has 5 heteroatoms. The number of hydrogen-bond donors (Lipinski definition) is 3. The van der Waals surface area contributed by atoms with E-state index in [0.29, 0.717) is 12.1 Å². The lowest BCUT2D eigenvalue weighted by Gasteiger charge is -2.24. The van der Waals surface area contributed by atoms with Crippen molar-refractivity contribution in [3.8, 4) is 0 Å². The molecule has 1 amide bonds. The van der Waals surface area contributed by atoms with Gasteiger partial charge in [0.2, 0.25) is 0 Å². The molecule has 0 aliphatic rings. The molecule has 3 N–H and O–H groups in total. The summed E-state index contributed by atoms with van der Waals surface area (Å²) < 4.78 is 0. The Labute approximate surface area is 95.3 Å². The van der Waals surface area contributed by atoms with Gasteiger partial charge >= 0.3 is 0 Å². The van der Waals surface area contributed by atoms with E-state index in [0.717, 1.165) is 12.8 Å². The van der Waals surface area contributed by atoms with Crippen molar-refractivity contribution in [1.29, 1.82) is 0 Å². The molecular formula is C11H19N3O2. The van der Waals surface area contributed by atoms with E-state index in [2.05, 4.69) is 29.4 Å². The average molecular weight is 225 g/mol. The van der Waals surface area contributed by atoms with Crippen LogP contribution in [-0.4, -0.2) is 34.4 Å². The van der Waals surface area contributed by atoms with Gasteiger partial charge in [0, 0.05) is 19.3 Å². The van der Waals surface area contributed by atoms with Crippen LogP contribution in [0.15, 0.2) is 12.4 Å². The maximum absolute atomic E-state index is 11.6. The number of carbonyl (C=O) groups excluding carboxylic acids is 1. The molecule has 0 saturated heterocycles. The maximum atomic E-state index is 11.6. The molecule has 1 heterocycles. The lowest BCUT2D eigenvalue weighted by atomic mass is 9.88. The largest absolute Gasteiger partial charge is 0.396 e. The third-order valence-corrected chi connectivity index (χ3v) is 2.50. The normalized spacial score (nSPS) is 11.4. The quantitative estimate of drug-likeness (QED) is 0.674. The van der Waals surface area contributed by atoms with E-state index in [9.17, 15) is 4.79 Å². The molecule has 0 saturated carbocycles. The van der Waals surface area contributed by atoms with Crippen LogP contribution in [0, 0.1) is 5.41 Å². The van der Waals surface area contributed by atoms with Crippen LogP contribution in [0.2, 0.25) is 0 Å². The van der Waals surface area contributed by atoms with Crippen LogP contribution in [0.25, 0.3) is 0 Å². The van der Waals surface area contributed by atoms with Crippen molar-refractivity contribution in [2.45, 2.75) is 26.7 Å². The van der Waals surface area contributed by atoms with Crippen molar-refractivity contribution in [2.75, 3.05) is 13.2 Å². The van der Waals surface area contributed by atoms with Gasteiger partial charge in [0.25, 0.3) is 5.91 Å². The number of hydrogen-bond acceptors (Lipinski definition) is 3. The highest BCUT2D eigenvalue weighted by Gasteiger charge is 2.18. The van der Waals surface area contributed by atoms with Gasteiger partial charge in [-0.15, -0.1) is 0 Å². The zero-order chi connectivity index (χ0) is 12.0. The predicted molar refractivity (Wildman–Crippen MR) is 61.0 cm³/mol. The van der Waals surface area contributed by atoms with E-state index in [1.54, 1.807) is 6.20 Å². The molecule has 0 aliphatic carbocycles. The molecule has 1 aromatic heterocycles. The van der Waals surface area contributed by atoms with Crippen LogP contribution in [0.1, 0.15) is 37.0 Å². The predicted octanol–water partition coefficient (Wildman–Crippen LogP) is 0.938. The molecule has 0 unspecified atom stereocenters. The van der Waals surface area contributed by atoms with E-state index >= 15 is 0 Å². The molecule has 0 atom stereocenters. The van der Waals surface area contributed by atoms with Gasteiger partial charge in [0.05, 0.1) is 11.8 Å². The summed E-state index contributed by atoms with van der Waals surface area (Å²) in [6.45, 7) is 4.92. The zero-order valence-electron chi connectivity index (χ0n) is 9.79. The fourth-order valence-corrected chi connectivity index (χ4v) is 1.44. The Kier molecular flexibility index (Phi) is 4.49. The second-order valence-electron chi connectivity index (χ2n) is 4.66. The van der Waals surface area contributed by atoms with E-state index in [4.69, 9.17) is 5.11 Å². The number of carbonyl (C=O) groups is 1. The Morgan fingerprint density at radius 1 is 1.62 bits per heavy atom. The number of aromatic nitrogens is 2. The van der Waals surface area contributed by atoms with Crippen LogP contribution in [0.5, 0.6) is 0 Å². The lowest BCUT2D eigenvalue weighted by molar-refractivity contribution is 0.0933. The number of aromatic amines is 1. The first-order chi connectivity index (χ1) is 7.55. The molecule has 0 spiro atoms. The summed E-state index contributed by atoms with van der Waals surface area (Å²) in [6.07, 6.45) is 4.70. The minimum absolute atomic E-state index is 0.00211. The van der Waals surface area contributed by atoms with Gasteiger partial charge in [0.15, 0.2) is 0 Å². The summed E-state index contributed by atoms with van der Waals surface area (Å²) in [7, 11) is 0. The maximum Gasteiger partial charge on any atom is 0.254 e. The van der Waals surface area contributed by atoms with Gasteiger partial charge in [-0.2, -0.15) is 5.10 Å². The Bertz CT molecular complexity index is 320. The first-order valence-electron chi connectivity index (χ1n) is 5.43. The van der Waals surface area contributed by atoms with Crippen LogP contribution in [0.3, 0.4) is 0 Å². The summed E-state index contributed by atoms with van der Waals surface area (Å²) >= 11 is 0.